The Morgan fingerprint density at radius 1 is 0.478 bits per heavy atom. The summed E-state index contributed by atoms with van der Waals surface area (Å²) < 4.78 is 13.8. The van der Waals surface area contributed by atoms with Gasteiger partial charge in [0.15, 0.2) is 5.58 Å². The molecule has 0 saturated heterocycles. The van der Waals surface area contributed by atoms with Gasteiger partial charge in [-0.25, -0.2) is 0 Å². The third kappa shape index (κ3) is 3.14. The number of aromatic nitrogens is 3. The molecule has 0 amide bonds. The standard InChI is InChI=1S/C41H23N3OS/c1-2-10-26-24(9-1)17-21-34-38(26)29-12-4-7-15-33(29)43(34)25-18-19-28-27-11-3-6-14-32(27)44(35(28)23-25)41-42-31-20-22-37-39(40(31)45-41)30-13-5-8-16-36(30)46-37/h1-23H. The Bertz CT molecular complexity index is 3040. The van der Waals surface area contributed by atoms with Crippen molar-refractivity contribution in [1.29, 1.82) is 0 Å². The molecule has 0 aliphatic rings. The number of benzene rings is 7. The van der Waals surface area contributed by atoms with Crippen molar-refractivity contribution in [2.24, 2.45) is 0 Å². The van der Waals surface area contributed by atoms with Gasteiger partial charge in [0.2, 0.25) is 0 Å². The number of hydrogen-bond donors (Lipinski definition) is 0. The lowest BCUT2D eigenvalue weighted by molar-refractivity contribution is 0.577. The highest BCUT2D eigenvalue weighted by Gasteiger charge is 2.21. The molecule has 7 aromatic carbocycles. The zero-order chi connectivity index (χ0) is 29.9. The summed E-state index contributed by atoms with van der Waals surface area (Å²) in [4.78, 5) is 5.11. The first-order valence-electron chi connectivity index (χ1n) is 15.5. The van der Waals surface area contributed by atoms with Crippen LogP contribution in [0.3, 0.4) is 0 Å². The fraction of sp³-hybridized carbons (Fsp3) is 0. The normalized spacial score (nSPS) is 12.3. The van der Waals surface area contributed by atoms with Gasteiger partial charge in [-0.3, -0.25) is 4.57 Å². The smallest absolute Gasteiger partial charge is 0.307 e. The van der Waals surface area contributed by atoms with Crippen LogP contribution in [0.2, 0.25) is 0 Å². The van der Waals surface area contributed by atoms with Crippen molar-refractivity contribution in [3.05, 3.63) is 140 Å². The number of fused-ring (bicyclic) bond motifs is 13. The second-order valence-corrected chi connectivity index (χ2v) is 13.1. The topological polar surface area (TPSA) is 35.9 Å². The number of nitrogens with zero attached hydrogens (tertiary/aromatic N) is 3. The molecule has 4 heterocycles. The lowest BCUT2D eigenvalue weighted by Gasteiger charge is -2.10. The van der Waals surface area contributed by atoms with Crippen molar-refractivity contribution in [2.45, 2.75) is 0 Å². The molecule has 0 spiro atoms. The first kappa shape index (κ1) is 24.4. The van der Waals surface area contributed by atoms with Crippen LogP contribution in [-0.2, 0) is 0 Å². The highest BCUT2D eigenvalue weighted by molar-refractivity contribution is 7.26. The fourth-order valence-electron chi connectivity index (χ4n) is 7.60. The molecular formula is C41H23N3OS. The number of para-hydroxylation sites is 2. The van der Waals surface area contributed by atoms with E-state index in [2.05, 4.69) is 149 Å². The van der Waals surface area contributed by atoms with E-state index in [4.69, 9.17) is 9.40 Å². The summed E-state index contributed by atoms with van der Waals surface area (Å²) in [6.45, 7) is 0. The van der Waals surface area contributed by atoms with Gasteiger partial charge >= 0.3 is 6.01 Å². The Balaban J connectivity index is 1.23. The van der Waals surface area contributed by atoms with Crippen LogP contribution in [-0.4, -0.2) is 14.1 Å². The van der Waals surface area contributed by atoms with Crippen LogP contribution >= 0.6 is 11.3 Å². The molecule has 214 valence electrons. The summed E-state index contributed by atoms with van der Waals surface area (Å²) in [5.74, 6) is 0. The van der Waals surface area contributed by atoms with Crippen LogP contribution in [0.1, 0.15) is 0 Å². The summed E-state index contributed by atoms with van der Waals surface area (Å²) in [6.07, 6.45) is 0. The van der Waals surface area contributed by atoms with Crippen LogP contribution < -0.4 is 0 Å². The summed E-state index contributed by atoms with van der Waals surface area (Å²) in [7, 11) is 0. The van der Waals surface area contributed by atoms with Crippen molar-refractivity contribution >= 4 is 97.0 Å². The van der Waals surface area contributed by atoms with Crippen molar-refractivity contribution in [3.8, 4) is 11.7 Å². The molecule has 0 radical (unpaired) electrons. The molecule has 4 nitrogen and oxygen atoms in total. The average Bonchev–Trinajstić information content (AvgIpc) is 3.86. The van der Waals surface area contributed by atoms with Crippen LogP contribution in [0.15, 0.2) is 144 Å². The molecule has 0 fully saturated rings. The SMILES string of the molecule is c1ccc2c(c1)ccc1c2c2ccccc2n1-c1ccc2c3ccccc3n(-c3nc4ccc5sc6ccccc6c5c4o3)c2c1. The van der Waals surface area contributed by atoms with Crippen molar-refractivity contribution in [3.63, 3.8) is 0 Å². The van der Waals surface area contributed by atoms with Gasteiger partial charge in [-0.2, -0.15) is 4.98 Å². The van der Waals surface area contributed by atoms with Crippen molar-refractivity contribution < 1.29 is 4.42 Å². The van der Waals surface area contributed by atoms with Crippen LogP contribution in [0.4, 0.5) is 0 Å². The van der Waals surface area contributed by atoms with Gasteiger partial charge in [-0.15, -0.1) is 11.3 Å². The Labute approximate surface area is 265 Å². The van der Waals surface area contributed by atoms with Gasteiger partial charge in [0.05, 0.1) is 22.1 Å². The lowest BCUT2D eigenvalue weighted by Crippen LogP contribution is -1.97. The van der Waals surface area contributed by atoms with Gasteiger partial charge in [0, 0.05) is 47.4 Å². The molecule has 0 saturated carbocycles. The predicted molar refractivity (Wildman–Crippen MR) is 193 cm³/mol. The maximum Gasteiger partial charge on any atom is 0.307 e. The highest BCUT2D eigenvalue weighted by atomic mass is 32.1. The maximum absolute atomic E-state index is 6.78. The van der Waals surface area contributed by atoms with Gasteiger partial charge in [-0.05, 0) is 59.3 Å². The number of thiophene rings is 1. The molecule has 0 atom stereocenters. The zero-order valence-corrected chi connectivity index (χ0v) is 25.3. The van der Waals surface area contributed by atoms with Gasteiger partial charge < -0.3 is 8.98 Å². The van der Waals surface area contributed by atoms with E-state index in [1.165, 1.54) is 58.1 Å². The van der Waals surface area contributed by atoms with E-state index < -0.39 is 0 Å². The van der Waals surface area contributed by atoms with Gasteiger partial charge in [-0.1, -0.05) is 91.0 Å². The summed E-state index contributed by atoms with van der Waals surface area (Å²) in [5, 5.41) is 9.72. The van der Waals surface area contributed by atoms with E-state index in [9.17, 15) is 0 Å². The molecule has 5 heteroatoms. The minimum atomic E-state index is 0.578. The third-order valence-corrected chi connectivity index (χ3v) is 10.7. The van der Waals surface area contributed by atoms with Gasteiger partial charge in [0.25, 0.3) is 0 Å². The zero-order valence-electron chi connectivity index (χ0n) is 24.4. The minimum absolute atomic E-state index is 0.578. The van der Waals surface area contributed by atoms with E-state index in [1.54, 1.807) is 11.3 Å². The maximum atomic E-state index is 6.78. The van der Waals surface area contributed by atoms with Crippen LogP contribution in [0.25, 0.3) is 97.4 Å². The minimum Gasteiger partial charge on any atom is -0.422 e. The Morgan fingerprint density at radius 3 is 2.09 bits per heavy atom. The largest absolute Gasteiger partial charge is 0.422 e. The molecule has 0 aliphatic heterocycles. The lowest BCUT2D eigenvalue weighted by atomic mass is 10.0. The molecule has 4 aromatic heterocycles. The predicted octanol–water partition coefficient (Wildman–Crippen LogP) is 11.5. The Morgan fingerprint density at radius 2 is 1.20 bits per heavy atom. The fourth-order valence-corrected chi connectivity index (χ4v) is 8.70. The molecule has 11 rings (SSSR count). The highest BCUT2D eigenvalue weighted by Crippen LogP contribution is 2.42. The molecule has 0 N–H and O–H groups in total. The third-order valence-electron chi connectivity index (χ3n) is 9.55. The van der Waals surface area contributed by atoms with Crippen molar-refractivity contribution in [1.82, 2.24) is 14.1 Å². The number of rotatable bonds is 2. The molecule has 0 aliphatic carbocycles. The Hall–Kier alpha value is -5.91. The first-order chi connectivity index (χ1) is 22.8. The number of hydrogen-bond acceptors (Lipinski definition) is 3. The van der Waals surface area contributed by atoms with E-state index in [0.29, 0.717) is 6.01 Å². The second-order valence-electron chi connectivity index (χ2n) is 12.0. The summed E-state index contributed by atoms with van der Waals surface area (Å²) in [6, 6.07) is 50.6. The number of oxazole rings is 1. The molecule has 0 bridgehead atoms. The second kappa shape index (κ2) is 8.84. The van der Waals surface area contributed by atoms with E-state index in [-0.39, 0.29) is 0 Å². The van der Waals surface area contributed by atoms with Gasteiger partial charge in [0.1, 0.15) is 5.52 Å². The van der Waals surface area contributed by atoms with Crippen LogP contribution in [0.5, 0.6) is 0 Å². The summed E-state index contributed by atoms with van der Waals surface area (Å²) >= 11 is 1.79. The quantitative estimate of drug-likeness (QED) is 0.196. The Kier molecular flexibility index (Phi) is 4.69. The van der Waals surface area contributed by atoms with Crippen molar-refractivity contribution in [2.75, 3.05) is 0 Å². The van der Waals surface area contributed by atoms with Crippen LogP contribution in [0, 0.1) is 0 Å². The molecule has 46 heavy (non-hydrogen) atoms. The molecule has 0 unspecified atom stereocenters. The van der Waals surface area contributed by atoms with E-state index in [1.807, 2.05) is 0 Å². The molecule has 11 aromatic rings. The summed E-state index contributed by atoms with van der Waals surface area (Å²) in [5.41, 5.74) is 7.30. The first-order valence-corrected chi connectivity index (χ1v) is 16.3. The van der Waals surface area contributed by atoms with E-state index >= 15 is 0 Å². The monoisotopic (exact) mass is 605 g/mol. The average molecular weight is 606 g/mol. The molecular weight excluding hydrogens is 583 g/mol. The van der Waals surface area contributed by atoms with E-state index in [0.717, 1.165) is 33.2 Å².